The van der Waals surface area contributed by atoms with Crippen LogP contribution in [0.4, 0.5) is 0 Å². The maximum Gasteiger partial charge on any atom is 0.220 e. The first-order chi connectivity index (χ1) is 20.4. The zero-order chi connectivity index (χ0) is 30.3. The van der Waals surface area contributed by atoms with Gasteiger partial charge in [0.1, 0.15) is 0 Å². The smallest absolute Gasteiger partial charge is 0.220 e. The van der Waals surface area contributed by atoms with Crippen LogP contribution in [0.15, 0.2) is 66.7 Å². The van der Waals surface area contributed by atoms with Gasteiger partial charge >= 0.3 is 0 Å². The van der Waals surface area contributed by atoms with Gasteiger partial charge in [0.15, 0.2) is 0 Å². The van der Waals surface area contributed by atoms with Crippen molar-refractivity contribution >= 4 is 13.7 Å². The third-order valence-electron chi connectivity index (χ3n) is 7.03. The van der Waals surface area contributed by atoms with Crippen LogP contribution in [0.2, 0.25) is 0 Å². The highest BCUT2D eigenvalue weighted by Crippen LogP contribution is 2.25. The van der Waals surface area contributed by atoms with E-state index in [1.807, 2.05) is 54.6 Å². The molecule has 1 atom stereocenters. The number of unbranched alkanes of at least 4 members (excludes halogenated alkanes) is 11. The molecule has 42 heavy (non-hydrogen) atoms. The minimum atomic E-state index is -5.14. The summed E-state index contributed by atoms with van der Waals surface area (Å²) in [5.74, 6) is 6.05. The second-order valence-electron chi connectivity index (χ2n) is 10.9. The van der Waals surface area contributed by atoms with Gasteiger partial charge < -0.3 is 24.2 Å². The number of allylic oxidation sites excluding steroid dienone is 2. The number of benzene rings is 2. The quantitative estimate of drug-likeness (QED) is 0.0727. The molecule has 2 aromatic rings. The average Bonchev–Trinajstić information content (AvgIpc) is 2.97. The van der Waals surface area contributed by atoms with E-state index in [0.29, 0.717) is 12.8 Å². The van der Waals surface area contributed by atoms with Crippen LogP contribution in [0.3, 0.4) is 0 Å². The van der Waals surface area contributed by atoms with E-state index >= 15 is 0 Å². The molecule has 0 saturated heterocycles. The lowest BCUT2D eigenvalue weighted by molar-refractivity contribution is -0.342. The molecule has 0 fully saturated rings. The number of carbonyl (C=O) groups is 1. The number of hydrogen-bond acceptors (Lipinski definition) is 5. The topological polar surface area (TPSA) is 102 Å². The molecule has 0 heterocycles. The zero-order valence-electron chi connectivity index (χ0n) is 25.2. The molecule has 0 aromatic heterocycles. The van der Waals surface area contributed by atoms with Gasteiger partial charge in [-0.1, -0.05) is 113 Å². The van der Waals surface area contributed by atoms with Crippen molar-refractivity contribution in [2.75, 3.05) is 6.61 Å². The Labute approximate surface area is 253 Å². The molecular weight excluding hydrogens is 545 g/mol. The Balaban J connectivity index is 1.66. The van der Waals surface area contributed by atoms with Crippen LogP contribution in [0.5, 0.6) is 0 Å². The van der Waals surface area contributed by atoms with Gasteiger partial charge in [-0.2, -0.15) is 0 Å². The molecule has 0 saturated carbocycles. The first kappa shape index (κ1) is 35.5. The normalized spacial score (nSPS) is 12.2. The minimum Gasteiger partial charge on any atom is -0.790 e. The predicted octanol–water partition coefficient (Wildman–Crippen LogP) is 7.00. The summed E-state index contributed by atoms with van der Waals surface area (Å²) in [6.45, 7) is 1.85. The third kappa shape index (κ3) is 18.7. The fourth-order valence-electron chi connectivity index (χ4n) is 4.66. The molecule has 0 aliphatic heterocycles. The Bertz CT molecular complexity index is 1130. The zero-order valence-corrected chi connectivity index (χ0v) is 26.1. The van der Waals surface area contributed by atoms with Crippen LogP contribution in [-0.4, -0.2) is 18.6 Å². The number of phosphoric ester groups is 1. The van der Waals surface area contributed by atoms with Gasteiger partial charge in [-0.15, -0.1) is 0 Å². The second-order valence-corrected chi connectivity index (χ2v) is 12.0. The minimum absolute atomic E-state index is 0.168. The summed E-state index contributed by atoms with van der Waals surface area (Å²) in [7, 11) is -5.14. The molecule has 0 aliphatic rings. The van der Waals surface area contributed by atoms with Crippen LogP contribution in [0.25, 0.3) is 0 Å². The average molecular weight is 594 g/mol. The van der Waals surface area contributed by atoms with Crippen LogP contribution in [-0.2, 0) is 20.3 Å². The first-order valence-electron chi connectivity index (χ1n) is 15.6. The maximum absolute atomic E-state index is 12.6. The molecule has 0 spiro atoms. The highest BCUT2D eigenvalue weighted by Gasteiger charge is 2.14. The van der Waals surface area contributed by atoms with Gasteiger partial charge in [0.05, 0.1) is 20.5 Å². The number of hydrogen-bond donors (Lipinski definition) is 1. The number of phosphoric acid groups is 1. The SMILES string of the molecule is CCCCCCCC/C=C\CCCCCCCC(=O)N[C@@H](COP(=O)([O-])[O-])Cc1ccc(C#Cc2ccccc2)cc1. The lowest BCUT2D eigenvalue weighted by atomic mass is 10.0. The van der Waals surface area contributed by atoms with Gasteiger partial charge in [-0.3, -0.25) is 4.79 Å². The van der Waals surface area contributed by atoms with Gasteiger partial charge in [0, 0.05) is 17.5 Å². The molecule has 1 N–H and O–H groups in total. The van der Waals surface area contributed by atoms with E-state index in [4.69, 9.17) is 0 Å². The fourth-order valence-corrected chi connectivity index (χ4v) is 5.03. The van der Waals surface area contributed by atoms with Gasteiger partial charge in [-0.25, -0.2) is 0 Å². The van der Waals surface area contributed by atoms with Crippen LogP contribution < -0.4 is 15.1 Å². The molecule has 230 valence electrons. The van der Waals surface area contributed by atoms with E-state index in [-0.39, 0.29) is 5.91 Å². The summed E-state index contributed by atoms with van der Waals surface area (Å²) in [6.07, 6.45) is 20.7. The van der Waals surface area contributed by atoms with Crippen molar-refractivity contribution in [3.8, 4) is 11.8 Å². The molecule has 1 amide bonds. The summed E-state index contributed by atoms with van der Waals surface area (Å²) in [5, 5.41) is 2.85. The summed E-state index contributed by atoms with van der Waals surface area (Å²) in [5.41, 5.74) is 2.64. The summed E-state index contributed by atoms with van der Waals surface area (Å²) in [6, 6.07) is 16.6. The number of amides is 1. The summed E-state index contributed by atoms with van der Waals surface area (Å²) >= 11 is 0. The van der Waals surface area contributed by atoms with Crippen molar-refractivity contribution in [3.05, 3.63) is 83.4 Å². The fraction of sp³-hybridized carbons (Fsp3) is 0.514. The van der Waals surface area contributed by atoms with Crippen molar-refractivity contribution in [3.63, 3.8) is 0 Å². The lowest BCUT2D eigenvalue weighted by Gasteiger charge is -2.31. The maximum atomic E-state index is 12.6. The summed E-state index contributed by atoms with van der Waals surface area (Å²) in [4.78, 5) is 34.7. The van der Waals surface area contributed by atoms with Crippen molar-refractivity contribution in [2.24, 2.45) is 0 Å². The standard InChI is InChI=1S/C35H50NO5P/c1-2-3-4-5-6-7-8-9-10-11-12-13-14-15-19-22-35(37)36-34(30-41-42(38,39)40)29-33-27-25-32(26-28-33)24-23-31-20-17-16-18-21-31/h9-10,16-18,20-21,25-28,34H,2-8,11-15,19,22,29-30H2,1H3,(H,36,37)(H2,38,39,40)/p-2/b10-9-/t34-/m1/s1. The van der Waals surface area contributed by atoms with Gasteiger partial charge in [-0.05, 0) is 68.4 Å². The Kier molecular flexibility index (Phi) is 18.6. The molecule has 0 aliphatic carbocycles. The van der Waals surface area contributed by atoms with E-state index in [2.05, 4.69) is 40.8 Å². The Hall–Kier alpha value is -2.68. The Morgan fingerprint density at radius 3 is 1.95 bits per heavy atom. The molecule has 6 nitrogen and oxygen atoms in total. The van der Waals surface area contributed by atoms with Crippen LogP contribution >= 0.6 is 7.82 Å². The Morgan fingerprint density at radius 1 is 0.810 bits per heavy atom. The van der Waals surface area contributed by atoms with Gasteiger partial charge in [0.2, 0.25) is 5.91 Å². The first-order valence-corrected chi connectivity index (χ1v) is 17.1. The van der Waals surface area contributed by atoms with E-state index in [1.165, 1.54) is 51.4 Å². The van der Waals surface area contributed by atoms with Crippen molar-refractivity contribution in [1.82, 2.24) is 5.32 Å². The number of nitrogens with one attached hydrogen (secondary N) is 1. The highest BCUT2D eigenvalue weighted by molar-refractivity contribution is 7.43. The molecular formula is C35H48NO5P-2. The van der Waals surface area contributed by atoms with E-state index in [1.54, 1.807) is 0 Å². The van der Waals surface area contributed by atoms with E-state index in [0.717, 1.165) is 48.8 Å². The van der Waals surface area contributed by atoms with Crippen molar-refractivity contribution in [1.29, 1.82) is 0 Å². The van der Waals surface area contributed by atoms with Crippen molar-refractivity contribution < 1.29 is 23.7 Å². The molecule has 2 aromatic carbocycles. The van der Waals surface area contributed by atoms with Crippen molar-refractivity contribution in [2.45, 2.75) is 109 Å². The van der Waals surface area contributed by atoms with Crippen LogP contribution in [0, 0.1) is 11.8 Å². The molecule has 0 unspecified atom stereocenters. The monoisotopic (exact) mass is 593 g/mol. The van der Waals surface area contributed by atoms with E-state index < -0.39 is 20.5 Å². The van der Waals surface area contributed by atoms with Gasteiger partial charge in [0.25, 0.3) is 0 Å². The second kappa shape index (κ2) is 21.9. The Morgan fingerprint density at radius 2 is 1.36 bits per heavy atom. The number of carbonyl (C=O) groups excluding carboxylic acids is 1. The molecule has 0 bridgehead atoms. The number of rotatable bonds is 21. The molecule has 0 radical (unpaired) electrons. The lowest BCUT2D eigenvalue weighted by Crippen LogP contribution is -2.40. The van der Waals surface area contributed by atoms with E-state index in [9.17, 15) is 19.1 Å². The highest BCUT2D eigenvalue weighted by atomic mass is 31.2. The molecule has 2 rings (SSSR count). The third-order valence-corrected chi connectivity index (χ3v) is 7.49. The molecule has 7 heteroatoms. The van der Waals surface area contributed by atoms with Crippen LogP contribution in [0.1, 0.15) is 114 Å². The summed E-state index contributed by atoms with van der Waals surface area (Å²) < 4.78 is 15.6. The predicted molar refractivity (Wildman–Crippen MR) is 168 cm³/mol. The largest absolute Gasteiger partial charge is 0.790 e.